The largest absolute Gasteiger partial charge is 0.461 e. The molecule has 1 aromatic heterocycles. The predicted octanol–water partition coefficient (Wildman–Crippen LogP) is 3.87. The second-order valence-corrected chi connectivity index (χ2v) is 5.48. The van der Waals surface area contributed by atoms with Gasteiger partial charge in [-0.15, -0.1) is 0 Å². The van der Waals surface area contributed by atoms with Crippen molar-refractivity contribution >= 4 is 56.2 Å². The molecular weight excluding hydrogens is 322 g/mol. The first-order valence-corrected chi connectivity index (χ1v) is 7.09. The van der Waals surface area contributed by atoms with E-state index in [1.54, 1.807) is 6.08 Å². The summed E-state index contributed by atoms with van der Waals surface area (Å²) in [4.78, 5) is 11.9. The number of carbonyl (C=O) groups excluding carboxylic acids is 1. The normalized spacial score (nSPS) is 16.8. The Bertz CT molecular complexity index is 460. The molecule has 0 aromatic carbocycles. The third-order valence-corrected chi connectivity index (χ3v) is 3.74. The summed E-state index contributed by atoms with van der Waals surface area (Å²) < 4.78 is 6.77. The summed E-state index contributed by atoms with van der Waals surface area (Å²) in [6.45, 7) is 5.85. The minimum atomic E-state index is -0.171. The minimum Gasteiger partial charge on any atom is -0.461 e. The lowest BCUT2D eigenvalue weighted by molar-refractivity contribution is -0.115. The Balaban J connectivity index is 0.000000686. The van der Waals surface area contributed by atoms with E-state index in [1.807, 2.05) is 26.8 Å². The summed E-state index contributed by atoms with van der Waals surface area (Å²) in [5, 5.41) is 2.54. The van der Waals surface area contributed by atoms with E-state index in [2.05, 4.69) is 21.2 Å². The van der Waals surface area contributed by atoms with Gasteiger partial charge in [-0.25, -0.2) is 0 Å². The molecule has 0 radical (unpaired) electrons. The van der Waals surface area contributed by atoms with E-state index in [1.165, 1.54) is 11.8 Å². The van der Waals surface area contributed by atoms with Gasteiger partial charge in [-0.2, -0.15) is 0 Å². The molecule has 2 heterocycles. The van der Waals surface area contributed by atoms with Crippen molar-refractivity contribution in [2.24, 2.45) is 0 Å². The van der Waals surface area contributed by atoms with Crippen molar-refractivity contribution in [1.29, 1.82) is 0 Å². The van der Waals surface area contributed by atoms with Crippen LogP contribution in [0.25, 0.3) is 6.08 Å². The van der Waals surface area contributed by atoms with Crippen molar-refractivity contribution in [2.45, 2.75) is 20.8 Å². The SMILES string of the molecule is CC.Cc1oc(/C=C2\SC(=S)NC2=O)cc1Br. The van der Waals surface area contributed by atoms with E-state index in [9.17, 15) is 4.79 Å². The molecule has 1 fully saturated rings. The Hall–Kier alpha value is -0.590. The van der Waals surface area contributed by atoms with Crippen molar-refractivity contribution in [1.82, 2.24) is 5.32 Å². The molecule has 0 aliphatic carbocycles. The van der Waals surface area contributed by atoms with Crippen LogP contribution in [0, 0.1) is 6.92 Å². The summed E-state index contributed by atoms with van der Waals surface area (Å²) in [5.41, 5.74) is 0. The number of hydrogen-bond acceptors (Lipinski definition) is 4. The molecule has 0 unspecified atom stereocenters. The Morgan fingerprint density at radius 1 is 1.53 bits per heavy atom. The van der Waals surface area contributed by atoms with Gasteiger partial charge < -0.3 is 9.73 Å². The molecule has 1 aromatic rings. The lowest BCUT2D eigenvalue weighted by Gasteiger charge is -1.88. The van der Waals surface area contributed by atoms with Crippen LogP contribution in [0.1, 0.15) is 25.4 Å². The summed E-state index contributed by atoms with van der Waals surface area (Å²) in [7, 11) is 0. The number of hydrogen-bond donors (Lipinski definition) is 1. The second-order valence-electron chi connectivity index (χ2n) is 2.91. The summed E-state index contributed by atoms with van der Waals surface area (Å²) in [6, 6.07) is 1.82. The average Bonchev–Trinajstić information content (AvgIpc) is 2.75. The first kappa shape index (κ1) is 14.5. The van der Waals surface area contributed by atoms with Crippen LogP contribution in [0.5, 0.6) is 0 Å². The van der Waals surface area contributed by atoms with Crippen LogP contribution in [0.3, 0.4) is 0 Å². The zero-order chi connectivity index (χ0) is 13.0. The van der Waals surface area contributed by atoms with Crippen molar-refractivity contribution in [2.75, 3.05) is 0 Å². The van der Waals surface area contributed by atoms with Crippen molar-refractivity contribution in [3.05, 3.63) is 27.0 Å². The average molecular weight is 334 g/mol. The molecule has 1 aliphatic rings. The molecular formula is C11H12BrNO2S2. The molecule has 6 heteroatoms. The molecule has 3 nitrogen and oxygen atoms in total. The highest BCUT2D eigenvalue weighted by Crippen LogP contribution is 2.28. The maximum absolute atomic E-state index is 11.3. The fourth-order valence-corrected chi connectivity index (χ4v) is 2.43. The quantitative estimate of drug-likeness (QED) is 0.625. The summed E-state index contributed by atoms with van der Waals surface area (Å²) >= 11 is 9.45. The van der Waals surface area contributed by atoms with Gasteiger partial charge in [0.25, 0.3) is 5.91 Å². The number of halogens is 1. The molecule has 1 aliphatic heterocycles. The number of furan rings is 1. The highest BCUT2D eigenvalue weighted by molar-refractivity contribution is 9.10. The molecule has 0 spiro atoms. The maximum Gasteiger partial charge on any atom is 0.263 e. The van der Waals surface area contributed by atoms with Gasteiger partial charge in [0, 0.05) is 6.08 Å². The van der Waals surface area contributed by atoms with E-state index in [4.69, 9.17) is 16.6 Å². The Morgan fingerprint density at radius 2 is 2.18 bits per heavy atom. The van der Waals surface area contributed by atoms with Gasteiger partial charge in [0.05, 0.1) is 9.38 Å². The molecule has 17 heavy (non-hydrogen) atoms. The summed E-state index contributed by atoms with van der Waals surface area (Å²) in [5.74, 6) is 1.25. The number of nitrogens with one attached hydrogen (secondary N) is 1. The van der Waals surface area contributed by atoms with Crippen molar-refractivity contribution < 1.29 is 9.21 Å². The number of carbonyl (C=O) groups is 1. The number of thioether (sulfide) groups is 1. The topological polar surface area (TPSA) is 42.2 Å². The van der Waals surface area contributed by atoms with Gasteiger partial charge in [-0.05, 0) is 28.9 Å². The van der Waals surface area contributed by atoms with Gasteiger partial charge >= 0.3 is 0 Å². The van der Waals surface area contributed by atoms with Gasteiger partial charge in [0.2, 0.25) is 0 Å². The van der Waals surface area contributed by atoms with Crippen molar-refractivity contribution in [3.63, 3.8) is 0 Å². The van der Waals surface area contributed by atoms with Crippen LogP contribution in [-0.2, 0) is 4.79 Å². The third kappa shape index (κ3) is 3.69. The zero-order valence-corrected chi connectivity index (χ0v) is 12.9. The lowest BCUT2D eigenvalue weighted by atomic mass is 10.4. The standard InChI is InChI=1S/C9H6BrNO2S2.C2H6/c1-4-6(10)2-5(13-4)3-7-8(12)11-9(14)15-7;1-2/h2-3H,1H3,(H,11,12,14);1-2H3/b7-3-;. The van der Waals surface area contributed by atoms with Gasteiger partial charge in [-0.1, -0.05) is 37.8 Å². The number of thiocarbonyl (C=S) groups is 1. The third-order valence-electron chi connectivity index (χ3n) is 1.79. The first-order valence-electron chi connectivity index (χ1n) is 5.07. The van der Waals surface area contributed by atoms with Crippen LogP contribution in [0.4, 0.5) is 0 Å². The predicted molar refractivity (Wildman–Crippen MR) is 78.8 cm³/mol. The fourth-order valence-electron chi connectivity index (χ4n) is 1.10. The van der Waals surface area contributed by atoms with E-state index < -0.39 is 0 Å². The lowest BCUT2D eigenvalue weighted by Crippen LogP contribution is -2.17. The van der Waals surface area contributed by atoms with Crippen LogP contribution in [-0.4, -0.2) is 10.2 Å². The van der Waals surface area contributed by atoms with Crippen LogP contribution >= 0.6 is 39.9 Å². The summed E-state index contributed by atoms with van der Waals surface area (Å²) in [6.07, 6.45) is 1.68. The molecule has 0 saturated carbocycles. The Kier molecular flexibility index (Phi) is 5.42. The minimum absolute atomic E-state index is 0.171. The van der Waals surface area contributed by atoms with E-state index >= 15 is 0 Å². The van der Waals surface area contributed by atoms with Crippen LogP contribution in [0.2, 0.25) is 0 Å². The van der Waals surface area contributed by atoms with Gasteiger partial charge in [0.1, 0.15) is 15.8 Å². The van der Waals surface area contributed by atoms with Crippen LogP contribution < -0.4 is 5.32 Å². The fraction of sp³-hybridized carbons (Fsp3) is 0.273. The Labute approximate surface area is 118 Å². The molecule has 2 rings (SSSR count). The highest BCUT2D eigenvalue weighted by atomic mass is 79.9. The van der Waals surface area contributed by atoms with Crippen molar-refractivity contribution in [3.8, 4) is 0 Å². The van der Waals surface area contributed by atoms with Gasteiger partial charge in [0.15, 0.2) is 0 Å². The Morgan fingerprint density at radius 3 is 2.59 bits per heavy atom. The first-order chi connectivity index (χ1) is 8.06. The van der Waals surface area contributed by atoms with Crippen LogP contribution in [0.15, 0.2) is 19.9 Å². The van der Waals surface area contributed by atoms with E-state index in [0.29, 0.717) is 15.0 Å². The number of aryl methyl sites for hydroxylation is 1. The molecule has 1 amide bonds. The maximum atomic E-state index is 11.3. The molecule has 0 bridgehead atoms. The number of amides is 1. The van der Waals surface area contributed by atoms with Gasteiger partial charge in [-0.3, -0.25) is 4.79 Å². The molecule has 1 N–H and O–H groups in total. The molecule has 92 valence electrons. The smallest absolute Gasteiger partial charge is 0.263 e. The van der Waals surface area contributed by atoms with E-state index in [-0.39, 0.29) is 5.91 Å². The monoisotopic (exact) mass is 333 g/mol. The molecule has 1 saturated heterocycles. The number of rotatable bonds is 1. The second kappa shape index (κ2) is 6.37. The highest BCUT2D eigenvalue weighted by Gasteiger charge is 2.22. The zero-order valence-electron chi connectivity index (χ0n) is 9.67. The van der Waals surface area contributed by atoms with E-state index in [0.717, 1.165) is 10.2 Å². The molecule has 0 atom stereocenters.